The highest BCUT2D eigenvalue weighted by Gasteiger charge is 2.19. The maximum Gasteiger partial charge on any atom is 0.127 e. The van der Waals surface area contributed by atoms with Gasteiger partial charge in [-0.15, -0.1) is 0 Å². The summed E-state index contributed by atoms with van der Waals surface area (Å²) in [6.45, 7) is 0. The second-order valence-electron chi connectivity index (χ2n) is 5.51. The fourth-order valence-electron chi connectivity index (χ4n) is 3.32. The Labute approximate surface area is 123 Å². The topological polar surface area (TPSA) is 20.2 Å². The molecule has 0 heterocycles. The van der Waals surface area contributed by atoms with Gasteiger partial charge in [-0.3, -0.25) is 0 Å². The summed E-state index contributed by atoms with van der Waals surface area (Å²) in [5, 5.41) is 15.3. The first-order valence-electron chi connectivity index (χ1n) is 7.32. The molecule has 1 atom stereocenters. The van der Waals surface area contributed by atoms with Crippen LogP contribution in [0.25, 0.3) is 21.5 Å². The van der Waals surface area contributed by atoms with Crippen LogP contribution in [0.3, 0.4) is 0 Å². The highest BCUT2D eigenvalue weighted by Crippen LogP contribution is 2.43. The largest absolute Gasteiger partial charge is 0.507 e. The Morgan fingerprint density at radius 3 is 2.05 bits per heavy atom. The summed E-state index contributed by atoms with van der Waals surface area (Å²) >= 11 is 0. The van der Waals surface area contributed by atoms with Crippen molar-refractivity contribution in [3.63, 3.8) is 0 Å². The van der Waals surface area contributed by atoms with Gasteiger partial charge in [0.1, 0.15) is 5.75 Å². The first-order valence-corrected chi connectivity index (χ1v) is 7.32. The fraction of sp³-hybridized carbons (Fsp3) is 0.100. The lowest BCUT2D eigenvalue weighted by molar-refractivity contribution is 0.473. The predicted octanol–water partition coefficient (Wildman–Crippen LogP) is 5.30. The lowest BCUT2D eigenvalue weighted by atomic mass is 9.85. The average molecular weight is 272 g/mol. The third-order valence-corrected chi connectivity index (χ3v) is 4.30. The van der Waals surface area contributed by atoms with Crippen molar-refractivity contribution < 1.29 is 5.11 Å². The third-order valence-electron chi connectivity index (χ3n) is 4.30. The molecular weight excluding hydrogens is 256 g/mol. The van der Waals surface area contributed by atoms with E-state index in [0.29, 0.717) is 5.75 Å². The molecule has 0 amide bonds. The Morgan fingerprint density at radius 2 is 1.38 bits per heavy atom. The molecule has 0 radical (unpaired) electrons. The van der Waals surface area contributed by atoms with Crippen LogP contribution in [-0.4, -0.2) is 5.11 Å². The smallest absolute Gasteiger partial charge is 0.127 e. The zero-order chi connectivity index (χ0) is 14.2. The van der Waals surface area contributed by atoms with Gasteiger partial charge < -0.3 is 5.11 Å². The Bertz CT molecular complexity index is 887. The zero-order valence-electron chi connectivity index (χ0n) is 11.7. The molecule has 0 fully saturated rings. The Kier molecular flexibility index (Phi) is 2.78. The SMILES string of the molecule is Oc1c(C2C=CC=CC2)c2ccccc2c2ccccc12. The minimum atomic E-state index is 0.240. The fourth-order valence-corrected chi connectivity index (χ4v) is 3.32. The monoisotopic (exact) mass is 272 g/mol. The Balaban J connectivity index is 2.14. The van der Waals surface area contributed by atoms with Crippen molar-refractivity contribution in [2.75, 3.05) is 0 Å². The molecule has 0 aliphatic heterocycles. The molecule has 1 N–H and O–H groups in total. The highest BCUT2D eigenvalue weighted by atomic mass is 16.3. The molecule has 102 valence electrons. The number of benzene rings is 3. The van der Waals surface area contributed by atoms with Gasteiger partial charge in [-0.05, 0) is 22.6 Å². The predicted molar refractivity (Wildman–Crippen MR) is 88.8 cm³/mol. The van der Waals surface area contributed by atoms with E-state index in [1.807, 2.05) is 24.3 Å². The van der Waals surface area contributed by atoms with E-state index in [-0.39, 0.29) is 5.92 Å². The lowest BCUT2D eigenvalue weighted by Crippen LogP contribution is -1.99. The number of phenolic OH excluding ortho intramolecular Hbond substituents is 1. The van der Waals surface area contributed by atoms with Crippen LogP contribution >= 0.6 is 0 Å². The van der Waals surface area contributed by atoms with Crippen molar-refractivity contribution in [1.82, 2.24) is 0 Å². The summed E-state index contributed by atoms with van der Waals surface area (Å²) in [5.41, 5.74) is 1.05. The van der Waals surface area contributed by atoms with Crippen LogP contribution in [0.1, 0.15) is 17.9 Å². The number of rotatable bonds is 1. The van der Waals surface area contributed by atoms with E-state index < -0.39 is 0 Å². The van der Waals surface area contributed by atoms with E-state index in [1.54, 1.807) is 0 Å². The van der Waals surface area contributed by atoms with Crippen LogP contribution in [0.2, 0.25) is 0 Å². The molecule has 1 unspecified atom stereocenters. The van der Waals surface area contributed by atoms with Crippen LogP contribution in [0.5, 0.6) is 5.75 Å². The second kappa shape index (κ2) is 4.78. The quantitative estimate of drug-likeness (QED) is 0.596. The zero-order valence-corrected chi connectivity index (χ0v) is 11.7. The minimum Gasteiger partial charge on any atom is -0.507 e. The van der Waals surface area contributed by atoms with Gasteiger partial charge in [-0.2, -0.15) is 0 Å². The second-order valence-corrected chi connectivity index (χ2v) is 5.51. The number of hydrogen-bond acceptors (Lipinski definition) is 1. The van der Waals surface area contributed by atoms with Crippen molar-refractivity contribution in [3.8, 4) is 5.75 Å². The first-order chi connectivity index (χ1) is 10.4. The van der Waals surface area contributed by atoms with Crippen LogP contribution in [0.4, 0.5) is 0 Å². The van der Waals surface area contributed by atoms with Crippen LogP contribution < -0.4 is 0 Å². The molecule has 0 saturated heterocycles. The molecule has 1 heteroatoms. The van der Waals surface area contributed by atoms with Gasteiger partial charge in [0.15, 0.2) is 0 Å². The molecule has 1 aliphatic carbocycles. The molecule has 1 nitrogen and oxygen atoms in total. The van der Waals surface area contributed by atoms with E-state index in [0.717, 1.165) is 28.1 Å². The molecule has 0 saturated carbocycles. The molecule has 0 spiro atoms. The van der Waals surface area contributed by atoms with E-state index in [4.69, 9.17) is 0 Å². The van der Waals surface area contributed by atoms with Gasteiger partial charge in [0, 0.05) is 16.9 Å². The number of aromatic hydroxyl groups is 1. The number of phenols is 1. The molecule has 0 bridgehead atoms. The van der Waals surface area contributed by atoms with Crippen molar-refractivity contribution in [2.45, 2.75) is 12.3 Å². The maximum atomic E-state index is 10.8. The number of fused-ring (bicyclic) bond motifs is 3. The van der Waals surface area contributed by atoms with Gasteiger partial charge in [-0.1, -0.05) is 72.8 Å². The van der Waals surface area contributed by atoms with Gasteiger partial charge in [0.25, 0.3) is 0 Å². The summed E-state index contributed by atoms with van der Waals surface area (Å²) < 4.78 is 0. The normalized spacial score (nSPS) is 17.6. The van der Waals surface area contributed by atoms with Crippen molar-refractivity contribution in [2.24, 2.45) is 0 Å². The maximum absolute atomic E-state index is 10.8. The van der Waals surface area contributed by atoms with Gasteiger partial charge >= 0.3 is 0 Å². The molecule has 21 heavy (non-hydrogen) atoms. The van der Waals surface area contributed by atoms with Crippen molar-refractivity contribution >= 4 is 21.5 Å². The molecule has 0 aromatic heterocycles. The molecule has 1 aliphatic rings. The van der Waals surface area contributed by atoms with Crippen LogP contribution in [0.15, 0.2) is 72.8 Å². The van der Waals surface area contributed by atoms with Gasteiger partial charge in [0.2, 0.25) is 0 Å². The Hall–Kier alpha value is -2.54. The summed E-state index contributed by atoms with van der Waals surface area (Å²) in [7, 11) is 0. The molecular formula is C20H16O. The van der Waals surface area contributed by atoms with Crippen molar-refractivity contribution in [1.29, 1.82) is 0 Å². The standard InChI is InChI=1S/C20H16O/c21-20-18-13-7-5-11-16(18)15-10-4-6-12-17(15)19(20)14-8-2-1-3-9-14/h1-8,10-14,21H,9H2. The third kappa shape index (κ3) is 1.85. The summed E-state index contributed by atoms with van der Waals surface area (Å²) in [5.74, 6) is 0.666. The molecule has 4 rings (SSSR count). The lowest BCUT2D eigenvalue weighted by Gasteiger charge is -2.20. The van der Waals surface area contributed by atoms with Crippen LogP contribution in [0, 0.1) is 0 Å². The van der Waals surface area contributed by atoms with Gasteiger partial charge in [-0.25, -0.2) is 0 Å². The van der Waals surface area contributed by atoms with E-state index in [9.17, 15) is 5.11 Å². The minimum absolute atomic E-state index is 0.240. The van der Waals surface area contributed by atoms with Crippen molar-refractivity contribution in [3.05, 3.63) is 78.4 Å². The summed E-state index contributed by atoms with van der Waals surface area (Å²) in [6, 6.07) is 16.5. The number of hydrogen-bond donors (Lipinski definition) is 1. The van der Waals surface area contributed by atoms with E-state index in [1.165, 1.54) is 5.39 Å². The highest BCUT2D eigenvalue weighted by molar-refractivity contribution is 6.12. The molecule has 3 aromatic rings. The van der Waals surface area contributed by atoms with E-state index in [2.05, 4.69) is 48.6 Å². The average Bonchev–Trinajstić information content (AvgIpc) is 2.56. The summed E-state index contributed by atoms with van der Waals surface area (Å²) in [6.07, 6.45) is 9.41. The van der Waals surface area contributed by atoms with Gasteiger partial charge in [0.05, 0.1) is 0 Å². The van der Waals surface area contributed by atoms with E-state index >= 15 is 0 Å². The molecule has 3 aromatic carbocycles. The van der Waals surface area contributed by atoms with Crippen LogP contribution in [-0.2, 0) is 0 Å². The number of allylic oxidation sites excluding steroid dienone is 4. The Morgan fingerprint density at radius 1 is 0.762 bits per heavy atom. The summed E-state index contributed by atoms with van der Waals surface area (Å²) in [4.78, 5) is 0. The first kappa shape index (κ1) is 12.2.